The molecule has 2 saturated heterocycles. The molecule has 262 valence electrons. The van der Waals surface area contributed by atoms with Gasteiger partial charge in [-0.15, -0.1) is 0 Å². The van der Waals surface area contributed by atoms with E-state index in [1.807, 2.05) is 29.2 Å². The number of pyridine rings is 2. The molecule has 1 aromatic carbocycles. The summed E-state index contributed by atoms with van der Waals surface area (Å²) in [5, 5.41) is 16.9. The van der Waals surface area contributed by atoms with E-state index < -0.39 is 5.54 Å². The van der Waals surface area contributed by atoms with E-state index in [2.05, 4.69) is 26.7 Å². The number of nitrogens with one attached hydrogen (secondary N) is 2. The summed E-state index contributed by atoms with van der Waals surface area (Å²) in [4.78, 5) is 39.2. The van der Waals surface area contributed by atoms with Gasteiger partial charge in [0, 0.05) is 61.9 Å². The van der Waals surface area contributed by atoms with Crippen molar-refractivity contribution in [2.24, 2.45) is 11.8 Å². The summed E-state index contributed by atoms with van der Waals surface area (Å²) in [5.74, 6) is 1.31. The van der Waals surface area contributed by atoms with Gasteiger partial charge in [0.2, 0.25) is 0 Å². The lowest BCUT2D eigenvalue weighted by Gasteiger charge is -2.29. The molecular formula is C42H52N6O2. The third-order valence-electron chi connectivity index (χ3n) is 11.0. The van der Waals surface area contributed by atoms with Crippen LogP contribution >= 0.6 is 0 Å². The molecule has 8 nitrogen and oxygen atoms in total. The van der Waals surface area contributed by atoms with Gasteiger partial charge in [0.05, 0.1) is 11.6 Å². The monoisotopic (exact) mass is 672 g/mol. The molecule has 0 spiro atoms. The maximum atomic E-state index is 15.1. The molecule has 2 N–H and O–H groups in total. The molecule has 1 amide bonds. The van der Waals surface area contributed by atoms with Crippen molar-refractivity contribution < 1.29 is 9.59 Å². The topological polar surface area (TPSA) is 111 Å². The van der Waals surface area contributed by atoms with Gasteiger partial charge in [-0.25, -0.2) is 0 Å². The lowest BCUT2D eigenvalue weighted by molar-refractivity contribution is -0.132. The summed E-state index contributed by atoms with van der Waals surface area (Å²) < 4.78 is 0. The second kappa shape index (κ2) is 17.5. The van der Waals surface area contributed by atoms with Gasteiger partial charge >= 0.3 is 0 Å². The third-order valence-corrected chi connectivity index (χ3v) is 11.0. The summed E-state index contributed by atoms with van der Waals surface area (Å²) in [6, 6.07) is 17.1. The number of aromatic nitrogens is 2. The Kier molecular flexibility index (Phi) is 12.4. The van der Waals surface area contributed by atoms with Crippen molar-refractivity contribution in [1.29, 1.82) is 5.26 Å². The van der Waals surface area contributed by atoms with Gasteiger partial charge in [-0.05, 0) is 110 Å². The van der Waals surface area contributed by atoms with Crippen LogP contribution < -0.4 is 10.6 Å². The maximum Gasteiger partial charge on any atom is 0.254 e. The lowest BCUT2D eigenvalue weighted by Crippen LogP contribution is -2.51. The van der Waals surface area contributed by atoms with Crippen LogP contribution in [0, 0.1) is 23.2 Å². The summed E-state index contributed by atoms with van der Waals surface area (Å²) in [5.41, 5.74) is 2.00. The van der Waals surface area contributed by atoms with Crippen LogP contribution in [-0.4, -0.2) is 51.2 Å². The number of amides is 1. The second-order valence-electron chi connectivity index (χ2n) is 14.8. The minimum Gasteiger partial charge on any atom is -0.357 e. The third kappa shape index (κ3) is 9.45. The summed E-state index contributed by atoms with van der Waals surface area (Å²) in [6.07, 6.45) is 25.8. The lowest BCUT2D eigenvalue weighted by atomic mass is 9.84. The Bertz CT molecular complexity index is 1550. The number of fused-ring (bicyclic) bond motifs is 3. The van der Waals surface area contributed by atoms with Crippen molar-refractivity contribution in [3.8, 4) is 6.07 Å². The van der Waals surface area contributed by atoms with Crippen molar-refractivity contribution in [1.82, 2.24) is 25.5 Å². The number of hydrogen-bond donors (Lipinski definition) is 2. The fourth-order valence-electron chi connectivity index (χ4n) is 8.37. The Balaban J connectivity index is 1.33. The number of carbonyl (C=O) groups excluding carboxylic acids is 2. The molecule has 3 atom stereocenters. The Hall–Kier alpha value is -4.35. The average molecular weight is 673 g/mol. The normalized spacial score (nSPS) is 24.1. The molecule has 0 radical (unpaired) electrons. The molecule has 3 fully saturated rings. The van der Waals surface area contributed by atoms with Crippen LogP contribution in [0.3, 0.4) is 0 Å². The number of hydrogen-bond acceptors (Lipinski definition) is 7. The molecule has 3 unspecified atom stereocenters. The van der Waals surface area contributed by atoms with Crippen LogP contribution in [0.2, 0.25) is 0 Å². The van der Waals surface area contributed by atoms with Crippen LogP contribution in [0.1, 0.15) is 111 Å². The van der Waals surface area contributed by atoms with Gasteiger partial charge in [-0.1, -0.05) is 51.4 Å². The van der Waals surface area contributed by atoms with Crippen LogP contribution in [0.15, 0.2) is 85.2 Å². The first-order valence-corrected chi connectivity index (χ1v) is 18.9. The Morgan fingerprint density at radius 2 is 1.44 bits per heavy atom. The number of carbonyl (C=O) groups is 2. The SMILES string of the molecule is N#Cc1ccc(C(=O)C=C2NC(Cc3ccncc3)(Cc3ccncc3)C(=O)N2CC2CC3CCCCCCCCCCNC(CC3)C2)cc1. The quantitative estimate of drug-likeness (QED) is 0.191. The van der Waals surface area contributed by atoms with E-state index in [1.165, 1.54) is 70.6 Å². The van der Waals surface area contributed by atoms with Gasteiger partial charge in [0.25, 0.3) is 5.91 Å². The first-order chi connectivity index (χ1) is 24.5. The first kappa shape index (κ1) is 35.5. The standard InChI is InChI=1S/C42H52N6O2/c43-30-35-10-13-37(14-11-35)39(49)27-40-47-42(28-33-16-21-44-22-17-33,29-34-18-23-45-24-19-34)41(50)48(40)31-36-25-32-9-7-5-3-1-2-4-6-8-20-46-38(26-36)15-12-32/h10-11,13-14,16-19,21-24,27,32,36,38,46-47H,1-9,12,15,20,25-26,28-29,31H2. The molecule has 4 heterocycles. The summed E-state index contributed by atoms with van der Waals surface area (Å²) in [6.45, 7) is 1.62. The minimum atomic E-state index is -0.991. The molecule has 8 heteroatoms. The number of benzene rings is 1. The van der Waals surface area contributed by atoms with Crippen LogP contribution in [-0.2, 0) is 17.6 Å². The Morgan fingerprint density at radius 1 is 0.820 bits per heavy atom. The van der Waals surface area contributed by atoms with E-state index in [1.54, 1.807) is 55.1 Å². The predicted molar refractivity (Wildman–Crippen MR) is 196 cm³/mol. The number of ketones is 1. The first-order valence-electron chi connectivity index (χ1n) is 18.9. The van der Waals surface area contributed by atoms with Gasteiger partial charge in [0.1, 0.15) is 11.4 Å². The Morgan fingerprint density at radius 3 is 2.08 bits per heavy atom. The molecule has 50 heavy (non-hydrogen) atoms. The van der Waals surface area contributed by atoms with Crippen molar-refractivity contribution in [3.05, 3.63) is 107 Å². The fourth-order valence-corrected chi connectivity index (χ4v) is 8.37. The van der Waals surface area contributed by atoms with E-state index in [-0.39, 0.29) is 11.7 Å². The van der Waals surface area contributed by atoms with Crippen LogP contribution in [0.4, 0.5) is 0 Å². The van der Waals surface area contributed by atoms with Crippen LogP contribution in [0.5, 0.6) is 0 Å². The van der Waals surface area contributed by atoms with Crippen molar-refractivity contribution in [2.75, 3.05) is 13.1 Å². The zero-order valence-electron chi connectivity index (χ0n) is 29.4. The number of nitriles is 1. The van der Waals surface area contributed by atoms with Crippen molar-refractivity contribution >= 4 is 11.7 Å². The number of allylic oxidation sites excluding steroid dienone is 1. The number of rotatable bonds is 8. The summed E-state index contributed by atoms with van der Waals surface area (Å²) >= 11 is 0. The summed E-state index contributed by atoms with van der Waals surface area (Å²) in [7, 11) is 0. The van der Waals surface area contributed by atoms with Crippen molar-refractivity contribution in [3.63, 3.8) is 0 Å². The molecule has 6 rings (SSSR count). The minimum absolute atomic E-state index is 0.00236. The molecule has 1 saturated carbocycles. The molecule has 2 bridgehead atoms. The van der Waals surface area contributed by atoms with Gasteiger partial charge in [-0.2, -0.15) is 5.26 Å². The highest BCUT2D eigenvalue weighted by molar-refractivity contribution is 6.06. The second-order valence-corrected chi connectivity index (χ2v) is 14.8. The fraction of sp³-hybridized carbons (Fsp3) is 0.500. The smallest absolute Gasteiger partial charge is 0.254 e. The molecule has 3 aliphatic rings. The highest BCUT2D eigenvalue weighted by Crippen LogP contribution is 2.36. The molecular weight excluding hydrogens is 621 g/mol. The van der Waals surface area contributed by atoms with Gasteiger partial charge < -0.3 is 10.6 Å². The zero-order valence-corrected chi connectivity index (χ0v) is 29.4. The van der Waals surface area contributed by atoms with E-state index in [9.17, 15) is 10.1 Å². The van der Waals surface area contributed by atoms with E-state index in [4.69, 9.17) is 0 Å². The highest BCUT2D eigenvalue weighted by Gasteiger charge is 2.50. The van der Waals surface area contributed by atoms with Gasteiger partial charge in [0.15, 0.2) is 5.78 Å². The van der Waals surface area contributed by atoms with Gasteiger partial charge in [-0.3, -0.25) is 24.5 Å². The molecule has 3 aromatic rings. The van der Waals surface area contributed by atoms with E-state index in [0.717, 1.165) is 30.5 Å². The van der Waals surface area contributed by atoms with E-state index in [0.29, 0.717) is 54.2 Å². The predicted octanol–water partition coefficient (Wildman–Crippen LogP) is 7.32. The van der Waals surface area contributed by atoms with Crippen LogP contribution in [0.25, 0.3) is 0 Å². The highest BCUT2D eigenvalue weighted by atomic mass is 16.2. The zero-order chi connectivity index (χ0) is 34.6. The molecule has 1 aliphatic carbocycles. The largest absolute Gasteiger partial charge is 0.357 e. The Labute approximate surface area is 297 Å². The number of nitrogens with zero attached hydrogens (tertiary/aromatic N) is 4. The molecule has 2 aromatic heterocycles. The average Bonchev–Trinajstić information content (AvgIpc) is 3.25. The van der Waals surface area contributed by atoms with Crippen molar-refractivity contribution in [2.45, 2.75) is 108 Å². The maximum absolute atomic E-state index is 15.1. The van der Waals surface area contributed by atoms with E-state index >= 15 is 4.79 Å². The molecule has 2 aliphatic heterocycles.